The fraction of sp³-hybridized carbons (Fsp3) is 0.188. The van der Waals surface area contributed by atoms with Gasteiger partial charge in [-0.2, -0.15) is 13.2 Å². The number of rotatable bonds is 3. The van der Waals surface area contributed by atoms with Gasteiger partial charge in [0.1, 0.15) is 17.3 Å². The van der Waals surface area contributed by atoms with Crippen LogP contribution in [0.4, 0.5) is 13.2 Å². The smallest absolute Gasteiger partial charge is 0.434 e. The highest BCUT2D eigenvalue weighted by Crippen LogP contribution is 2.43. The number of hydrogen-bond donors (Lipinski definition) is 1. The third-order valence-corrected chi connectivity index (χ3v) is 4.02. The molecule has 0 aliphatic carbocycles. The third kappa shape index (κ3) is 3.27. The second kappa shape index (κ2) is 6.32. The minimum atomic E-state index is -4.69. The number of phenolic OH excluding ortho intramolecular Hbond substituents is 1. The number of aromatic nitrogens is 3. The van der Waals surface area contributed by atoms with E-state index in [1.807, 2.05) is 0 Å². The van der Waals surface area contributed by atoms with Crippen LogP contribution in [0.3, 0.4) is 0 Å². The van der Waals surface area contributed by atoms with Crippen molar-refractivity contribution in [1.82, 2.24) is 15.0 Å². The lowest BCUT2D eigenvalue weighted by Gasteiger charge is -2.16. The highest BCUT2D eigenvalue weighted by Gasteiger charge is 2.38. The van der Waals surface area contributed by atoms with Gasteiger partial charge in [0.05, 0.1) is 29.6 Å². The molecule has 0 spiro atoms. The van der Waals surface area contributed by atoms with Crippen LogP contribution in [0.2, 0.25) is 0 Å². The van der Waals surface area contributed by atoms with E-state index in [9.17, 15) is 18.3 Å². The van der Waals surface area contributed by atoms with Crippen molar-refractivity contribution < 1.29 is 23.0 Å². The Labute approximate surface area is 144 Å². The van der Waals surface area contributed by atoms with E-state index in [1.165, 1.54) is 43.1 Å². The molecular weight excluding hydrogens is 355 g/mol. The van der Waals surface area contributed by atoms with Crippen molar-refractivity contribution in [2.45, 2.75) is 13.1 Å². The number of aromatic hydroxyl groups is 1. The van der Waals surface area contributed by atoms with Crippen LogP contribution in [0, 0.1) is 6.92 Å². The number of alkyl halides is 3. The van der Waals surface area contributed by atoms with Crippen LogP contribution in [0.15, 0.2) is 29.1 Å². The van der Waals surface area contributed by atoms with Crippen LogP contribution in [-0.2, 0) is 6.18 Å². The number of thiazole rings is 1. The van der Waals surface area contributed by atoms with Gasteiger partial charge >= 0.3 is 6.18 Å². The van der Waals surface area contributed by atoms with Gasteiger partial charge in [0.2, 0.25) is 0 Å². The first-order valence-electron chi connectivity index (χ1n) is 7.03. The summed E-state index contributed by atoms with van der Waals surface area (Å²) < 4.78 is 45.6. The number of phenols is 1. The van der Waals surface area contributed by atoms with Gasteiger partial charge in [0.25, 0.3) is 0 Å². The average Bonchev–Trinajstić information content (AvgIpc) is 3.07. The number of nitrogens with zero attached hydrogens (tertiary/aromatic N) is 3. The monoisotopic (exact) mass is 367 g/mol. The number of aryl methyl sites for hydroxylation is 1. The maximum absolute atomic E-state index is 13.5. The molecule has 0 atom stereocenters. The second-order valence-electron chi connectivity index (χ2n) is 5.10. The van der Waals surface area contributed by atoms with E-state index in [4.69, 9.17) is 4.74 Å². The summed E-state index contributed by atoms with van der Waals surface area (Å²) in [6.07, 6.45) is -4.69. The fourth-order valence-corrected chi connectivity index (χ4v) is 2.93. The first-order valence-corrected chi connectivity index (χ1v) is 7.97. The molecule has 0 unspecified atom stereocenters. The molecule has 3 rings (SSSR count). The SMILES string of the molecule is COc1ccc(-c2nc(C)nc(C(F)(F)F)c2-c2cscn2)c(O)c1. The summed E-state index contributed by atoms with van der Waals surface area (Å²) >= 11 is 1.16. The molecule has 1 aromatic carbocycles. The van der Waals surface area contributed by atoms with Gasteiger partial charge in [-0.25, -0.2) is 15.0 Å². The van der Waals surface area contributed by atoms with Crippen LogP contribution >= 0.6 is 11.3 Å². The van der Waals surface area contributed by atoms with Crippen LogP contribution in [0.25, 0.3) is 22.5 Å². The molecule has 1 N–H and O–H groups in total. The Kier molecular flexibility index (Phi) is 4.34. The molecule has 2 heterocycles. The Morgan fingerprint density at radius 2 is 1.96 bits per heavy atom. The predicted octanol–water partition coefficient (Wildman–Crippen LogP) is 4.31. The average molecular weight is 367 g/mol. The minimum absolute atomic E-state index is 0.0362. The first-order chi connectivity index (χ1) is 11.8. The molecule has 130 valence electrons. The summed E-state index contributed by atoms with van der Waals surface area (Å²) in [6.45, 7) is 1.37. The summed E-state index contributed by atoms with van der Waals surface area (Å²) in [4.78, 5) is 11.7. The molecular formula is C16H12F3N3O2S. The third-order valence-electron chi connectivity index (χ3n) is 3.44. The summed E-state index contributed by atoms with van der Waals surface area (Å²) in [7, 11) is 1.42. The van der Waals surface area contributed by atoms with Crippen LogP contribution in [0.5, 0.6) is 11.5 Å². The zero-order valence-electron chi connectivity index (χ0n) is 13.1. The lowest BCUT2D eigenvalue weighted by molar-refractivity contribution is -0.140. The molecule has 0 saturated heterocycles. The van der Waals surface area contributed by atoms with Crippen LogP contribution in [-0.4, -0.2) is 27.2 Å². The number of ether oxygens (including phenoxy) is 1. The van der Waals surface area contributed by atoms with Gasteiger partial charge in [-0.05, 0) is 19.1 Å². The summed E-state index contributed by atoms with van der Waals surface area (Å²) in [5.74, 6) is 0.0665. The molecule has 2 aromatic heterocycles. The molecule has 9 heteroatoms. The first kappa shape index (κ1) is 17.2. The summed E-state index contributed by atoms with van der Waals surface area (Å²) in [5, 5.41) is 11.7. The van der Waals surface area contributed by atoms with E-state index in [0.29, 0.717) is 5.75 Å². The largest absolute Gasteiger partial charge is 0.507 e. The maximum atomic E-state index is 13.5. The fourth-order valence-electron chi connectivity index (χ4n) is 2.39. The molecule has 0 radical (unpaired) electrons. The van der Waals surface area contributed by atoms with Crippen molar-refractivity contribution in [3.63, 3.8) is 0 Å². The molecule has 0 aliphatic rings. The normalized spacial score (nSPS) is 11.6. The van der Waals surface area contributed by atoms with Crippen molar-refractivity contribution in [3.8, 4) is 34.0 Å². The number of methoxy groups -OCH3 is 1. The topological polar surface area (TPSA) is 68.1 Å². The number of benzene rings is 1. The molecule has 0 amide bonds. The maximum Gasteiger partial charge on any atom is 0.434 e. The van der Waals surface area contributed by atoms with Gasteiger partial charge < -0.3 is 9.84 Å². The number of hydrogen-bond acceptors (Lipinski definition) is 6. The Bertz CT molecular complexity index is 912. The van der Waals surface area contributed by atoms with Crippen molar-refractivity contribution in [2.24, 2.45) is 0 Å². The Hall–Kier alpha value is -2.68. The summed E-state index contributed by atoms with van der Waals surface area (Å²) in [5.41, 5.74) is 0.275. The minimum Gasteiger partial charge on any atom is -0.507 e. The van der Waals surface area contributed by atoms with Crippen LogP contribution in [0.1, 0.15) is 11.5 Å². The molecule has 25 heavy (non-hydrogen) atoms. The highest BCUT2D eigenvalue weighted by atomic mass is 32.1. The molecule has 0 fully saturated rings. The predicted molar refractivity (Wildman–Crippen MR) is 86.5 cm³/mol. The van der Waals surface area contributed by atoms with Crippen molar-refractivity contribution in [2.75, 3.05) is 7.11 Å². The second-order valence-corrected chi connectivity index (χ2v) is 5.82. The van der Waals surface area contributed by atoms with Gasteiger partial charge in [-0.15, -0.1) is 11.3 Å². The van der Waals surface area contributed by atoms with E-state index in [-0.39, 0.29) is 34.1 Å². The van der Waals surface area contributed by atoms with Crippen molar-refractivity contribution in [3.05, 3.63) is 40.6 Å². The Balaban J connectivity index is 2.35. The standard InChI is InChI=1S/C16H12F3N3O2S/c1-8-21-14(10-4-3-9(24-2)5-12(10)23)13(11-6-25-7-20-11)15(22-8)16(17,18)19/h3-7,23H,1-2H3. The Morgan fingerprint density at radius 3 is 2.52 bits per heavy atom. The van der Waals surface area contributed by atoms with Crippen molar-refractivity contribution >= 4 is 11.3 Å². The molecule has 0 bridgehead atoms. The molecule has 0 aliphatic heterocycles. The van der Waals surface area contributed by atoms with Crippen molar-refractivity contribution in [1.29, 1.82) is 0 Å². The zero-order valence-corrected chi connectivity index (χ0v) is 13.9. The van der Waals surface area contributed by atoms with E-state index < -0.39 is 11.9 Å². The van der Waals surface area contributed by atoms with Gasteiger partial charge in [0, 0.05) is 17.0 Å². The zero-order chi connectivity index (χ0) is 18.2. The Morgan fingerprint density at radius 1 is 1.20 bits per heavy atom. The quantitative estimate of drug-likeness (QED) is 0.747. The lowest BCUT2D eigenvalue weighted by atomic mass is 10.0. The van der Waals surface area contributed by atoms with E-state index in [0.717, 1.165) is 11.3 Å². The van der Waals surface area contributed by atoms with Gasteiger partial charge in [-0.1, -0.05) is 0 Å². The summed E-state index contributed by atoms with van der Waals surface area (Å²) in [6, 6.07) is 4.29. The van der Waals surface area contributed by atoms with Gasteiger partial charge in [-0.3, -0.25) is 0 Å². The number of halogens is 3. The molecule has 3 aromatic rings. The van der Waals surface area contributed by atoms with E-state index in [2.05, 4.69) is 15.0 Å². The van der Waals surface area contributed by atoms with Gasteiger partial charge in [0.15, 0.2) is 5.69 Å². The highest BCUT2D eigenvalue weighted by molar-refractivity contribution is 7.07. The molecule has 5 nitrogen and oxygen atoms in total. The molecule has 0 saturated carbocycles. The van der Waals surface area contributed by atoms with E-state index in [1.54, 1.807) is 0 Å². The van der Waals surface area contributed by atoms with E-state index >= 15 is 0 Å². The lowest BCUT2D eigenvalue weighted by Crippen LogP contribution is -2.13. The van der Waals surface area contributed by atoms with Crippen LogP contribution < -0.4 is 4.74 Å².